The van der Waals surface area contributed by atoms with E-state index in [2.05, 4.69) is 16.4 Å². The molecule has 0 fully saturated rings. The Hall–Kier alpha value is -3.10. The van der Waals surface area contributed by atoms with Crippen LogP contribution in [0.1, 0.15) is 33.2 Å². The molecular weight excluding hydrogens is 366 g/mol. The highest BCUT2D eigenvalue weighted by Crippen LogP contribution is 2.37. The van der Waals surface area contributed by atoms with Gasteiger partial charge >= 0.3 is 0 Å². The van der Waals surface area contributed by atoms with E-state index in [1.165, 1.54) is 11.8 Å². The van der Waals surface area contributed by atoms with Gasteiger partial charge in [-0.25, -0.2) is 4.98 Å². The number of nitriles is 1. The van der Waals surface area contributed by atoms with Gasteiger partial charge in [0.15, 0.2) is 0 Å². The number of thioether (sulfide) groups is 1. The highest BCUT2D eigenvalue weighted by Gasteiger charge is 2.24. The Morgan fingerprint density at radius 2 is 1.75 bits per heavy atom. The molecule has 0 aliphatic rings. The number of rotatable bonds is 6. The molecule has 1 N–H and O–H groups in total. The van der Waals surface area contributed by atoms with E-state index in [0.717, 1.165) is 22.4 Å². The molecule has 0 aliphatic heterocycles. The number of amides is 1. The van der Waals surface area contributed by atoms with Crippen LogP contribution in [0.3, 0.4) is 0 Å². The first-order chi connectivity index (χ1) is 13.6. The number of nitrogens with zero attached hydrogens (tertiary/aromatic N) is 2. The number of aromatic nitrogens is 1. The van der Waals surface area contributed by atoms with Crippen molar-refractivity contribution >= 4 is 17.7 Å². The molecule has 0 bridgehead atoms. The fraction of sp³-hybridized carbons (Fsp3) is 0.174. The molecule has 140 valence electrons. The maximum Gasteiger partial charge on any atom is 0.238 e. The van der Waals surface area contributed by atoms with Crippen molar-refractivity contribution in [3.63, 3.8) is 0 Å². The molecule has 3 rings (SSSR count). The standard InChI is InChI=1S/C23H21N3OS/c1-16-13-17(2)26-23(20(16)14-24)28-21(19-11-7-4-8-12-19)22(27)25-15-18-9-5-3-6-10-18/h3-13,21H,15H2,1-2H3,(H,25,27)/t21-/m1/s1. The number of carbonyl (C=O) groups excluding carboxylic acids is 1. The zero-order valence-electron chi connectivity index (χ0n) is 15.8. The molecule has 2 aromatic carbocycles. The molecule has 5 heteroatoms. The quantitative estimate of drug-likeness (QED) is 0.622. The SMILES string of the molecule is Cc1cc(C)c(C#N)c(S[C@@H](C(=O)NCc2ccccc2)c2ccccc2)n1. The topological polar surface area (TPSA) is 65.8 Å². The van der Waals surface area contributed by atoms with Gasteiger partial charge in [0.1, 0.15) is 16.3 Å². The number of hydrogen-bond donors (Lipinski definition) is 1. The smallest absolute Gasteiger partial charge is 0.238 e. The van der Waals surface area contributed by atoms with Gasteiger partial charge < -0.3 is 5.32 Å². The predicted molar refractivity (Wildman–Crippen MR) is 112 cm³/mol. The van der Waals surface area contributed by atoms with Crippen LogP contribution < -0.4 is 5.32 Å². The Bertz CT molecular complexity index is 998. The lowest BCUT2D eigenvalue weighted by atomic mass is 10.1. The second-order valence-corrected chi connectivity index (χ2v) is 7.58. The van der Waals surface area contributed by atoms with Crippen molar-refractivity contribution in [2.45, 2.75) is 30.7 Å². The van der Waals surface area contributed by atoms with Gasteiger partial charge in [-0.2, -0.15) is 5.26 Å². The van der Waals surface area contributed by atoms with E-state index in [1.807, 2.05) is 80.6 Å². The summed E-state index contributed by atoms with van der Waals surface area (Å²) in [7, 11) is 0. The van der Waals surface area contributed by atoms with E-state index >= 15 is 0 Å². The van der Waals surface area contributed by atoms with Crippen LogP contribution in [-0.2, 0) is 11.3 Å². The Balaban J connectivity index is 1.88. The average Bonchev–Trinajstić information content (AvgIpc) is 2.71. The number of carbonyl (C=O) groups is 1. The van der Waals surface area contributed by atoms with Crippen LogP contribution in [-0.4, -0.2) is 10.9 Å². The molecule has 0 unspecified atom stereocenters. The number of pyridine rings is 1. The second kappa shape index (κ2) is 9.20. The van der Waals surface area contributed by atoms with Gasteiger partial charge in [0.25, 0.3) is 0 Å². The molecule has 1 amide bonds. The summed E-state index contributed by atoms with van der Waals surface area (Å²) in [6, 6.07) is 23.5. The zero-order chi connectivity index (χ0) is 19.9. The third-order valence-corrected chi connectivity index (χ3v) is 5.54. The summed E-state index contributed by atoms with van der Waals surface area (Å²) in [5.41, 5.74) is 4.13. The van der Waals surface area contributed by atoms with E-state index in [0.29, 0.717) is 17.1 Å². The molecule has 1 aromatic heterocycles. The first kappa shape index (κ1) is 19.7. The van der Waals surface area contributed by atoms with Crippen LogP contribution in [0.25, 0.3) is 0 Å². The highest BCUT2D eigenvalue weighted by atomic mass is 32.2. The van der Waals surface area contributed by atoms with Crippen molar-refractivity contribution in [1.29, 1.82) is 5.26 Å². The minimum absolute atomic E-state index is 0.107. The molecule has 3 aromatic rings. The monoisotopic (exact) mass is 387 g/mol. The van der Waals surface area contributed by atoms with Gasteiger partial charge in [-0.3, -0.25) is 4.79 Å². The molecule has 0 saturated heterocycles. The maximum absolute atomic E-state index is 13.0. The van der Waals surface area contributed by atoms with Crippen molar-refractivity contribution in [2.24, 2.45) is 0 Å². The van der Waals surface area contributed by atoms with Crippen LogP contribution >= 0.6 is 11.8 Å². The van der Waals surface area contributed by atoms with Gasteiger partial charge in [0.2, 0.25) is 5.91 Å². The predicted octanol–water partition coefficient (Wildman–Crippen LogP) is 4.72. The van der Waals surface area contributed by atoms with Gasteiger partial charge in [0, 0.05) is 12.2 Å². The summed E-state index contributed by atoms with van der Waals surface area (Å²) in [4.78, 5) is 17.6. The fourth-order valence-electron chi connectivity index (χ4n) is 2.91. The van der Waals surface area contributed by atoms with E-state index in [9.17, 15) is 10.1 Å². The Morgan fingerprint density at radius 3 is 2.39 bits per heavy atom. The number of benzene rings is 2. The maximum atomic E-state index is 13.0. The van der Waals surface area contributed by atoms with E-state index < -0.39 is 5.25 Å². The van der Waals surface area contributed by atoms with Gasteiger partial charge in [-0.05, 0) is 36.6 Å². The lowest BCUT2D eigenvalue weighted by Crippen LogP contribution is -2.27. The Labute approximate surface area is 169 Å². The Morgan fingerprint density at radius 1 is 1.11 bits per heavy atom. The van der Waals surface area contributed by atoms with Crippen LogP contribution in [0.2, 0.25) is 0 Å². The number of nitrogens with one attached hydrogen (secondary N) is 1. The van der Waals surface area contributed by atoms with E-state index in [1.54, 1.807) is 0 Å². The molecule has 28 heavy (non-hydrogen) atoms. The summed E-state index contributed by atoms with van der Waals surface area (Å²) in [5.74, 6) is -0.107. The minimum Gasteiger partial charge on any atom is -0.351 e. The number of hydrogen-bond acceptors (Lipinski definition) is 4. The normalized spacial score (nSPS) is 11.5. The summed E-state index contributed by atoms with van der Waals surface area (Å²) in [5, 5.41) is 12.7. The fourth-order valence-corrected chi connectivity index (χ4v) is 4.14. The first-order valence-corrected chi connectivity index (χ1v) is 9.88. The third kappa shape index (κ3) is 4.79. The summed E-state index contributed by atoms with van der Waals surface area (Å²) >= 11 is 1.32. The molecule has 1 atom stereocenters. The molecule has 0 spiro atoms. The molecule has 0 radical (unpaired) electrons. The minimum atomic E-state index is -0.495. The van der Waals surface area contributed by atoms with Crippen molar-refractivity contribution in [3.8, 4) is 6.07 Å². The number of aryl methyl sites for hydroxylation is 2. The van der Waals surface area contributed by atoms with Crippen LogP contribution in [0.5, 0.6) is 0 Å². The van der Waals surface area contributed by atoms with Crippen LogP contribution in [0.15, 0.2) is 71.8 Å². The lowest BCUT2D eigenvalue weighted by Gasteiger charge is -2.18. The van der Waals surface area contributed by atoms with Crippen molar-refractivity contribution in [1.82, 2.24) is 10.3 Å². The summed E-state index contributed by atoms with van der Waals surface area (Å²) in [6.45, 7) is 4.24. The average molecular weight is 388 g/mol. The zero-order valence-corrected chi connectivity index (χ0v) is 16.7. The molecule has 4 nitrogen and oxygen atoms in total. The van der Waals surface area contributed by atoms with E-state index in [-0.39, 0.29) is 5.91 Å². The summed E-state index contributed by atoms with van der Waals surface area (Å²) < 4.78 is 0. The van der Waals surface area contributed by atoms with Gasteiger partial charge in [0.05, 0.1) is 5.56 Å². The largest absolute Gasteiger partial charge is 0.351 e. The van der Waals surface area contributed by atoms with Crippen molar-refractivity contribution in [2.75, 3.05) is 0 Å². The molecule has 1 heterocycles. The van der Waals surface area contributed by atoms with Gasteiger partial charge in [-0.1, -0.05) is 72.4 Å². The van der Waals surface area contributed by atoms with Crippen LogP contribution in [0.4, 0.5) is 0 Å². The van der Waals surface area contributed by atoms with Crippen molar-refractivity contribution in [3.05, 3.63) is 94.7 Å². The first-order valence-electron chi connectivity index (χ1n) is 9.00. The van der Waals surface area contributed by atoms with Crippen molar-refractivity contribution < 1.29 is 4.79 Å². The van der Waals surface area contributed by atoms with Crippen LogP contribution in [0, 0.1) is 25.2 Å². The molecular formula is C23H21N3OS. The highest BCUT2D eigenvalue weighted by molar-refractivity contribution is 8.00. The van der Waals surface area contributed by atoms with Gasteiger partial charge in [-0.15, -0.1) is 0 Å². The van der Waals surface area contributed by atoms with E-state index in [4.69, 9.17) is 0 Å². The summed E-state index contributed by atoms with van der Waals surface area (Å²) in [6.07, 6.45) is 0. The second-order valence-electron chi connectivity index (χ2n) is 6.48. The Kier molecular flexibility index (Phi) is 6.46. The third-order valence-electron chi connectivity index (χ3n) is 4.30. The molecule has 0 saturated carbocycles. The molecule has 0 aliphatic carbocycles. The lowest BCUT2D eigenvalue weighted by molar-refractivity contribution is -0.120.